The molecule has 1 aliphatic rings. The number of benzene rings is 1. The zero-order valence-corrected chi connectivity index (χ0v) is 13.5. The molecule has 7 heteroatoms. The first-order chi connectivity index (χ1) is 11.6. The van der Waals surface area contributed by atoms with Crippen LogP contribution in [0.25, 0.3) is 22.2 Å². The van der Waals surface area contributed by atoms with Crippen LogP contribution in [0.2, 0.25) is 0 Å². The van der Waals surface area contributed by atoms with E-state index in [9.17, 15) is 4.79 Å². The molecule has 1 aliphatic heterocycles. The molecule has 0 spiro atoms. The van der Waals surface area contributed by atoms with Gasteiger partial charge in [-0.15, -0.1) is 5.10 Å². The van der Waals surface area contributed by atoms with Crippen molar-refractivity contribution in [2.75, 3.05) is 39.0 Å². The van der Waals surface area contributed by atoms with Gasteiger partial charge in [-0.2, -0.15) is 4.68 Å². The number of rotatable bonds is 1. The molecule has 0 unspecified atom stereocenters. The van der Waals surface area contributed by atoms with Gasteiger partial charge < -0.3 is 20.0 Å². The van der Waals surface area contributed by atoms with E-state index in [1.807, 2.05) is 35.2 Å². The number of amides is 1. The van der Waals surface area contributed by atoms with E-state index in [4.69, 9.17) is 10.2 Å². The van der Waals surface area contributed by atoms with E-state index >= 15 is 0 Å². The molecule has 0 aliphatic carbocycles. The van der Waals surface area contributed by atoms with Crippen molar-refractivity contribution in [3.8, 4) is 11.3 Å². The van der Waals surface area contributed by atoms with Crippen LogP contribution in [0.15, 0.2) is 41.0 Å². The van der Waals surface area contributed by atoms with E-state index in [1.54, 1.807) is 6.26 Å². The fourth-order valence-corrected chi connectivity index (χ4v) is 3.01. The van der Waals surface area contributed by atoms with Crippen molar-refractivity contribution in [2.24, 2.45) is 0 Å². The Morgan fingerprint density at radius 1 is 1.21 bits per heavy atom. The van der Waals surface area contributed by atoms with Crippen molar-refractivity contribution in [2.45, 2.75) is 0 Å². The Hall–Kier alpha value is -2.80. The van der Waals surface area contributed by atoms with Crippen LogP contribution in [0, 0.1) is 0 Å². The zero-order chi connectivity index (χ0) is 16.7. The second-order valence-corrected chi connectivity index (χ2v) is 6.08. The summed E-state index contributed by atoms with van der Waals surface area (Å²) in [7, 11) is 2.05. The lowest BCUT2D eigenvalue weighted by Crippen LogP contribution is -2.48. The summed E-state index contributed by atoms with van der Waals surface area (Å²) in [4.78, 5) is 16.9. The van der Waals surface area contributed by atoms with Gasteiger partial charge in [0.25, 0.3) is 0 Å². The van der Waals surface area contributed by atoms with Gasteiger partial charge in [-0.25, -0.2) is 4.79 Å². The predicted octanol–water partition coefficient (Wildman–Crippen LogP) is 2.09. The molecule has 0 atom stereocenters. The number of nitrogen functional groups attached to an aromatic ring is 1. The first kappa shape index (κ1) is 14.8. The number of fused-ring (bicyclic) bond motifs is 1. The van der Waals surface area contributed by atoms with Gasteiger partial charge in [-0.05, 0) is 31.3 Å². The Morgan fingerprint density at radius 2 is 2.00 bits per heavy atom. The Labute approximate surface area is 139 Å². The van der Waals surface area contributed by atoms with Gasteiger partial charge in [-0.1, -0.05) is 6.07 Å². The average Bonchev–Trinajstić information content (AvgIpc) is 3.23. The molecule has 1 aromatic carbocycles. The number of anilines is 1. The molecule has 2 N–H and O–H groups in total. The van der Waals surface area contributed by atoms with Crippen molar-refractivity contribution in [3.63, 3.8) is 0 Å². The molecular formula is C17H19N5O2. The van der Waals surface area contributed by atoms with Gasteiger partial charge in [0, 0.05) is 37.1 Å². The molecule has 3 heterocycles. The lowest BCUT2D eigenvalue weighted by Gasteiger charge is -2.32. The molecule has 0 radical (unpaired) electrons. The van der Waals surface area contributed by atoms with Crippen LogP contribution in [0.3, 0.4) is 0 Å². The number of carbonyl (C=O) groups is 1. The summed E-state index contributed by atoms with van der Waals surface area (Å²) in [6.07, 6.45) is 1.63. The number of carbonyl (C=O) groups excluding carboxylic acids is 1. The highest BCUT2D eigenvalue weighted by atomic mass is 16.3. The molecule has 124 valence electrons. The van der Waals surface area contributed by atoms with Crippen molar-refractivity contribution >= 4 is 22.8 Å². The summed E-state index contributed by atoms with van der Waals surface area (Å²) < 4.78 is 6.85. The third-order valence-electron chi connectivity index (χ3n) is 4.47. The number of hydrogen-bond donors (Lipinski definition) is 1. The van der Waals surface area contributed by atoms with Gasteiger partial charge in [0.1, 0.15) is 5.76 Å². The number of hydrogen-bond acceptors (Lipinski definition) is 5. The average molecular weight is 325 g/mol. The van der Waals surface area contributed by atoms with Crippen molar-refractivity contribution in [1.29, 1.82) is 0 Å². The van der Waals surface area contributed by atoms with Crippen molar-refractivity contribution < 1.29 is 9.21 Å². The minimum absolute atomic E-state index is 0.138. The van der Waals surface area contributed by atoms with E-state index in [0.29, 0.717) is 24.4 Å². The highest BCUT2D eigenvalue weighted by Gasteiger charge is 2.23. The second kappa shape index (κ2) is 5.68. The number of likely N-dealkylation sites (N-methyl/N-ethyl adjacent to an activating group) is 1. The topological polar surface area (TPSA) is 80.5 Å². The molecule has 4 rings (SSSR count). The van der Waals surface area contributed by atoms with E-state index in [0.717, 1.165) is 29.8 Å². The van der Waals surface area contributed by atoms with Crippen LogP contribution >= 0.6 is 0 Å². The number of furan rings is 1. The van der Waals surface area contributed by atoms with Crippen LogP contribution < -0.4 is 5.73 Å². The number of nitrogens with zero attached hydrogens (tertiary/aromatic N) is 4. The van der Waals surface area contributed by atoms with Gasteiger partial charge in [-0.3, -0.25) is 0 Å². The summed E-state index contributed by atoms with van der Waals surface area (Å²) in [5.74, 6) is 1.11. The number of nitrogens with two attached hydrogens (primary N) is 1. The molecular weight excluding hydrogens is 306 g/mol. The SMILES string of the molecule is CN1CCN(C(=O)n2nc(N)c3ccc(-c4ccco4)cc32)CC1. The summed E-state index contributed by atoms with van der Waals surface area (Å²) >= 11 is 0. The lowest BCUT2D eigenvalue weighted by molar-refractivity contribution is 0.154. The maximum absolute atomic E-state index is 12.9. The van der Waals surface area contributed by atoms with Crippen molar-refractivity contribution in [1.82, 2.24) is 19.6 Å². The monoisotopic (exact) mass is 325 g/mol. The molecule has 0 saturated carbocycles. The van der Waals surface area contributed by atoms with Crippen LogP contribution in [0.5, 0.6) is 0 Å². The first-order valence-electron chi connectivity index (χ1n) is 7.93. The van der Waals surface area contributed by atoms with Gasteiger partial charge in [0.15, 0.2) is 5.82 Å². The van der Waals surface area contributed by atoms with E-state index < -0.39 is 0 Å². The van der Waals surface area contributed by atoms with Crippen LogP contribution in [-0.2, 0) is 0 Å². The Bertz CT molecular complexity index is 876. The third kappa shape index (κ3) is 2.43. The van der Waals surface area contributed by atoms with Gasteiger partial charge >= 0.3 is 6.03 Å². The summed E-state index contributed by atoms with van der Waals surface area (Å²) in [6, 6.07) is 9.27. The second-order valence-electron chi connectivity index (χ2n) is 6.08. The lowest BCUT2D eigenvalue weighted by atomic mass is 10.1. The maximum atomic E-state index is 12.9. The Morgan fingerprint density at radius 3 is 2.71 bits per heavy atom. The highest BCUT2D eigenvalue weighted by molar-refractivity contribution is 5.97. The zero-order valence-electron chi connectivity index (χ0n) is 13.5. The smallest absolute Gasteiger partial charge is 0.345 e. The quantitative estimate of drug-likeness (QED) is 0.741. The fourth-order valence-electron chi connectivity index (χ4n) is 3.01. The first-order valence-corrected chi connectivity index (χ1v) is 7.93. The van der Waals surface area contributed by atoms with E-state index in [2.05, 4.69) is 17.0 Å². The van der Waals surface area contributed by atoms with E-state index in [1.165, 1.54) is 4.68 Å². The normalized spacial score (nSPS) is 16.0. The Balaban J connectivity index is 1.74. The predicted molar refractivity (Wildman–Crippen MR) is 91.7 cm³/mol. The fraction of sp³-hybridized carbons (Fsp3) is 0.294. The highest BCUT2D eigenvalue weighted by Crippen LogP contribution is 2.28. The Kier molecular flexibility index (Phi) is 3.50. The van der Waals surface area contributed by atoms with Crippen LogP contribution in [0.1, 0.15) is 0 Å². The molecule has 7 nitrogen and oxygen atoms in total. The van der Waals surface area contributed by atoms with Crippen LogP contribution in [-0.4, -0.2) is 58.8 Å². The number of aromatic nitrogens is 2. The number of piperazine rings is 1. The summed E-state index contributed by atoms with van der Waals surface area (Å²) in [6.45, 7) is 3.10. The summed E-state index contributed by atoms with van der Waals surface area (Å²) in [5, 5.41) is 5.04. The van der Waals surface area contributed by atoms with Crippen LogP contribution in [0.4, 0.5) is 10.6 Å². The summed E-state index contributed by atoms with van der Waals surface area (Å²) in [5.41, 5.74) is 7.59. The molecule has 0 bridgehead atoms. The largest absolute Gasteiger partial charge is 0.464 e. The minimum atomic E-state index is -0.138. The van der Waals surface area contributed by atoms with E-state index in [-0.39, 0.29) is 6.03 Å². The van der Waals surface area contributed by atoms with Gasteiger partial charge in [0.05, 0.1) is 11.8 Å². The minimum Gasteiger partial charge on any atom is -0.464 e. The van der Waals surface area contributed by atoms with Gasteiger partial charge in [0.2, 0.25) is 0 Å². The molecule has 1 amide bonds. The third-order valence-corrected chi connectivity index (χ3v) is 4.47. The molecule has 1 fully saturated rings. The molecule has 3 aromatic rings. The maximum Gasteiger partial charge on any atom is 0.345 e. The molecule has 24 heavy (non-hydrogen) atoms. The molecule has 1 saturated heterocycles. The van der Waals surface area contributed by atoms with Crippen molar-refractivity contribution in [3.05, 3.63) is 36.6 Å². The molecule has 2 aromatic heterocycles. The standard InChI is InChI=1S/C17H19N5O2/c1-20-6-8-21(9-7-20)17(23)22-14-11-12(15-3-2-10-24-15)4-5-13(14)16(18)19-22/h2-5,10-11H,6-9H2,1H3,(H2,18,19).